The Morgan fingerprint density at radius 3 is 2.60 bits per heavy atom. The van der Waals surface area contributed by atoms with Crippen molar-refractivity contribution in [1.29, 1.82) is 0 Å². The number of hydrogen-bond donors (Lipinski definition) is 2. The molecule has 154 valence electrons. The van der Waals surface area contributed by atoms with Gasteiger partial charge in [-0.2, -0.15) is 0 Å². The largest absolute Gasteiger partial charge is 0.463 e. The van der Waals surface area contributed by atoms with Crippen molar-refractivity contribution in [2.24, 2.45) is 0 Å². The highest BCUT2D eigenvalue weighted by Crippen LogP contribution is 2.51. The molecule has 1 aromatic carbocycles. The van der Waals surface area contributed by atoms with E-state index in [1.807, 2.05) is 24.4 Å². The van der Waals surface area contributed by atoms with E-state index in [-0.39, 0.29) is 12.4 Å². The fourth-order valence-corrected chi connectivity index (χ4v) is 5.58. The molecule has 8 heteroatoms. The Hall–Kier alpha value is -2.97. The zero-order valence-electron chi connectivity index (χ0n) is 16.3. The summed E-state index contributed by atoms with van der Waals surface area (Å²) in [6.07, 6.45) is 0. The zero-order chi connectivity index (χ0) is 21.4. The molecule has 0 spiro atoms. The number of fused-ring (bicyclic) bond motifs is 1. The summed E-state index contributed by atoms with van der Waals surface area (Å²) in [5.74, 6) is -1.54. The number of esters is 1. The summed E-state index contributed by atoms with van der Waals surface area (Å²) in [4.78, 5) is 27.1. The minimum atomic E-state index is -0.425. The first-order valence-electron chi connectivity index (χ1n) is 9.33. The smallest absolute Gasteiger partial charge is 0.336 e. The molecule has 3 aromatic rings. The van der Waals surface area contributed by atoms with Crippen molar-refractivity contribution in [3.63, 3.8) is 0 Å². The molecule has 5 nitrogen and oxygen atoms in total. The second-order valence-corrected chi connectivity index (χ2v) is 8.76. The van der Waals surface area contributed by atoms with E-state index in [1.54, 1.807) is 6.92 Å². The maximum atomic E-state index is 13.3. The van der Waals surface area contributed by atoms with E-state index in [0.717, 1.165) is 9.88 Å². The van der Waals surface area contributed by atoms with Crippen LogP contribution < -0.4 is 11.1 Å². The van der Waals surface area contributed by atoms with E-state index >= 15 is 0 Å². The second kappa shape index (κ2) is 8.04. The lowest BCUT2D eigenvalue weighted by Gasteiger charge is -2.27. The van der Waals surface area contributed by atoms with Gasteiger partial charge in [-0.1, -0.05) is 6.07 Å². The molecule has 0 bridgehead atoms. The van der Waals surface area contributed by atoms with Crippen LogP contribution in [0.25, 0.3) is 0 Å². The topological polar surface area (TPSA) is 81.4 Å². The number of nitrogens with one attached hydrogen (secondary N) is 1. The summed E-state index contributed by atoms with van der Waals surface area (Å²) in [5, 5.41) is 5.88. The van der Waals surface area contributed by atoms with Crippen molar-refractivity contribution < 1.29 is 18.7 Å². The highest BCUT2D eigenvalue weighted by atomic mass is 32.1. The van der Waals surface area contributed by atoms with E-state index < -0.39 is 17.7 Å². The quantitative estimate of drug-likeness (QED) is 0.422. The molecule has 0 radical (unpaired) electrons. The number of rotatable bonds is 5. The van der Waals surface area contributed by atoms with Crippen LogP contribution in [0.15, 0.2) is 53.0 Å². The number of nitrogen functional groups attached to an aromatic ring is 1. The van der Waals surface area contributed by atoms with E-state index in [2.05, 4.69) is 5.32 Å². The molecule has 0 saturated carbocycles. The SMILES string of the molecule is CCOC(=O)C1=C(C)Nc2sc(C(=O)c3ccc(F)cc3)c(N)c2[C@H]1c1cccs1. The fourth-order valence-electron chi connectivity index (χ4n) is 3.56. The molecule has 0 unspecified atom stereocenters. The first-order valence-corrected chi connectivity index (χ1v) is 11.0. The molecule has 3 heterocycles. The molecule has 3 N–H and O–H groups in total. The lowest BCUT2D eigenvalue weighted by atomic mass is 9.85. The molecule has 1 atom stereocenters. The molecule has 0 fully saturated rings. The number of hydrogen-bond acceptors (Lipinski definition) is 7. The van der Waals surface area contributed by atoms with Gasteiger partial charge in [0.15, 0.2) is 0 Å². The highest BCUT2D eigenvalue weighted by Gasteiger charge is 2.38. The molecular weight excluding hydrogens is 423 g/mol. The van der Waals surface area contributed by atoms with E-state index in [9.17, 15) is 14.0 Å². The van der Waals surface area contributed by atoms with Crippen LogP contribution in [0.3, 0.4) is 0 Å². The van der Waals surface area contributed by atoms with Gasteiger partial charge in [0, 0.05) is 21.7 Å². The molecule has 0 aliphatic carbocycles. The number of ether oxygens (including phenoxy) is 1. The number of ketones is 1. The molecular formula is C22H19FN2O3S2. The van der Waals surface area contributed by atoms with Crippen molar-refractivity contribution >= 4 is 45.1 Å². The maximum absolute atomic E-state index is 13.3. The Labute approximate surface area is 181 Å². The van der Waals surface area contributed by atoms with E-state index in [1.165, 1.54) is 46.9 Å². The number of halogens is 1. The van der Waals surface area contributed by atoms with Crippen LogP contribution in [-0.4, -0.2) is 18.4 Å². The molecule has 2 aromatic heterocycles. The number of allylic oxidation sites excluding steroid dienone is 1. The van der Waals surface area contributed by atoms with Gasteiger partial charge in [-0.05, 0) is 49.6 Å². The number of benzene rings is 1. The van der Waals surface area contributed by atoms with E-state index in [0.29, 0.717) is 33.0 Å². The molecule has 1 aliphatic heterocycles. The van der Waals surface area contributed by atoms with Crippen LogP contribution in [0.2, 0.25) is 0 Å². The van der Waals surface area contributed by atoms with Gasteiger partial charge >= 0.3 is 5.97 Å². The zero-order valence-corrected chi connectivity index (χ0v) is 18.0. The molecule has 0 amide bonds. The standard InChI is InChI=1S/C22H19FN2O3S2/c1-3-28-22(27)15-11(2)25-21-17(16(15)14-5-4-10-29-14)18(24)20(30-21)19(26)12-6-8-13(23)9-7-12/h4-10,16,25H,3,24H2,1-2H3/t16-/m0/s1. The van der Waals surface area contributed by atoms with Gasteiger partial charge in [-0.3, -0.25) is 4.79 Å². The molecule has 4 rings (SSSR count). The third kappa shape index (κ3) is 3.42. The number of carbonyl (C=O) groups is 2. The van der Waals surface area contributed by atoms with Crippen molar-refractivity contribution in [3.8, 4) is 0 Å². The van der Waals surface area contributed by atoms with Gasteiger partial charge in [0.1, 0.15) is 10.7 Å². The van der Waals surface area contributed by atoms with E-state index in [4.69, 9.17) is 10.5 Å². The molecule has 30 heavy (non-hydrogen) atoms. The van der Waals surface area contributed by atoms with Crippen LogP contribution in [0, 0.1) is 5.82 Å². The number of thiophene rings is 2. The Kier molecular flexibility index (Phi) is 5.44. The summed E-state index contributed by atoms with van der Waals surface area (Å²) in [5.41, 5.74) is 9.00. The summed E-state index contributed by atoms with van der Waals surface area (Å²) in [7, 11) is 0. The van der Waals surface area contributed by atoms with Crippen LogP contribution in [-0.2, 0) is 9.53 Å². The van der Waals surface area contributed by atoms with Gasteiger partial charge in [0.25, 0.3) is 0 Å². The Morgan fingerprint density at radius 2 is 1.97 bits per heavy atom. The number of carbonyl (C=O) groups excluding carboxylic acids is 2. The highest BCUT2D eigenvalue weighted by molar-refractivity contribution is 7.19. The van der Waals surface area contributed by atoms with Gasteiger partial charge in [0.05, 0.1) is 28.8 Å². The average molecular weight is 443 g/mol. The Bertz CT molecular complexity index is 1150. The van der Waals surface area contributed by atoms with Crippen LogP contribution in [0.4, 0.5) is 15.1 Å². The van der Waals surface area contributed by atoms with Crippen LogP contribution in [0.5, 0.6) is 0 Å². The van der Waals surface area contributed by atoms with Gasteiger partial charge < -0.3 is 15.8 Å². The van der Waals surface area contributed by atoms with Gasteiger partial charge in [-0.25, -0.2) is 9.18 Å². The van der Waals surface area contributed by atoms with Crippen LogP contribution in [0.1, 0.15) is 45.4 Å². The van der Waals surface area contributed by atoms with Gasteiger partial charge in [-0.15, -0.1) is 22.7 Å². The molecule has 1 aliphatic rings. The van der Waals surface area contributed by atoms with Crippen molar-refractivity contribution in [3.05, 3.63) is 79.7 Å². The van der Waals surface area contributed by atoms with Crippen molar-refractivity contribution in [1.82, 2.24) is 0 Å². The number of nitrogens with two attached hydrogens (primary N) is 1. The first kappa shape index (κ1) is 20.3. The van der Waals surface area contributed by atoms with Crippen LogP contribution >= 0.6 is 22.7 Å². The molecule has 0 saturated heterocycles. The predicted octanol–water partition coefficient (Wildman–Crippen LogP) is 5.16. The van der Waals surface area contributed by atoms with Gasteiger partial charge in [0.2, 0.25) is 5.78 Å². The first-order chi connectivity index (χ1) is 14.4. The predicted molar refractivity (Wildman–Crippen MR) is 118 cm³/mol. The lowest BCUT2D eigenvalue weighted by molar-refractivity contribution is -0.138. The third-order valence-corrected chi connectivity index (χ3v) is 6.97. The summed E-state index contributed by atoms with van der Waals surface area (Å²) < 4.78 is 18.6. The maximum Gasteiger partial charge on any atom is 0.336 e. The Balaban J connectivity index is 1.84. The lowest BCUT2D eigenvalue weighted by Crippen LogP contribution is -2.23. The van der Waals surface area contributed by atoms with Crippen molar-refractivity contribution in [2.45, 2.75) is 19.8 Å². The summed E-state index contributed by atoms with van der Waals surface area (Å²) >= 11 is 2.75. The van der Waals surface area contributed by atoms with Crippen molar-refractivity contribution in [2.75, 3.05) is 17.7 Å². The summed E-state index contributed by atoms with van der Waals surface area (Å²) in [6.45, 7) is 3.83. The minimum absolute atomic E-state index is 0.257. The average Bonchev–Trinajstić information content (AvgIpc) is 3.36. The summed E-state index contributed by atoms with van der Waals surface area (Å²) in [6, 6.07) is 9.21. The third-order valence-electron chi connectivity index (χ3n) is 4.90. The normalized spacial score (nSPS) is 15.5. The monoisotopic (exact) mass is 442 g/mol. The Morgan fingerprint density at radius 1 is 1.23 bits per heavy atom. The second-order valence-electron chi connectivity index (χ2n) is 6.76. The fraction of sp³-hybridized carbons (Fsp3) is 0.182. The number of anilines is 2. The minimum Gasteiger partial charge on any atom is -0.463 e.